The van der Waals surface area contributed by atoms with Crippen LogP contribution >= 0.6 is 0 Å². The largest absolute Gasteiger partial charge is 0.490 e. The minimum Gasteiger partial charge on any atom is -0.490 e. The molecule has 0 radical (unpaired) electrons. The summed E-state index contributed by atoms with van der Waals surface area (Å²) in [6.45, 7) is 3.14. The Balaban J connectivity index is 1.48. The van der Waals surface area contributed by atoms with Crippen LogP contribution in [0.4, 0.5) is 0 Å². The molecular weight excluding hydrogens is 318 g/mol. The number of ether oxygens (including phenoxy) is 2. The van der Waals surface area contributed by atoms with E-state index in [1.165, 1.54) is 12.8 Å². The van der Waals surface area contributed by atoms with Crippen LogP contribution in [0.2, 0.25) is 0 Å². The predicted molar refractivity (Wildman–Crippen MR) is 93.6 cm³/mol. The van der Waals surface area contributed by atoms with Gasteiger partial charge in [0.1, 0.15) is 11.2 Å². The molecule has 2 saturated heterocycles. The molecular formula is C20H27NO4. The van der Waals surface area contributed by atoms with E-state index in [0.717, 1.165) is 43.7 Å². The first-order chi connectivity index (χ1) is 12.2. The fourth-order valence-corrected chi connectivity index (χ4v) is 4.69. The van der Waals surface area contributed by atoms with E-state index >= 15 is 0 Å². The molecule has 1 saturated carbocycles. The number of fused-ring (bicyclic) bond motifs is 1. The zero-order chi connectivity index (χ0) is 17.3. The van der Waals surface area contributed by atoms with Gasteiger partial charge in [-0.3, -0.25) is 9.69 Å². The molecule has 0 unspecified atom stereocenters. The molecule has 4 rings (SSSR count). The van der Waals surface area contributed by atoms with Gasteiger partial charge in [-0.25, -0.2) is 0 Å². The monoisotopic (exact) mass is 345 g/mol. The molecule has 5 heteroatoms. The maximum absolute atomic E-state index is 11.9. The number of likely N-dealkylation sites (tertiary alicyclic amines) is 1. The van der Waals surface area contributed by atoms with Gasteiger partial charge in [0, 0.05) is 31.8 Å². The Bertz CT molecular complexity index is 628. The summed E-state index contributed by atoms with van der Waals surface area (Å²) in [6.07, 6.45) is 5.95. The smallest absolute Gasteiger partial charge is 0.313 e. The van der Waals surface area contributed by atoms with Crippen molar-refractivity contribution in [1.82, 2.24) is 4.90 Å². The molecule has 3 fully saturated rings. The maximum Gasteiger partial charge on any atom is 0.313 e. The summed E-state index contributed by atoms with van der Waals surface area (Å²) in [5, 5.41) is 9.80. The second-order valence-electron chi connectivity index (χ2n) is 7.80. The molecule has 2 aliphatic heterocycles. The van der Waals surface area contributed by atoms with E-state index in [0.29, 0.717) is 25.9 Å². The topological polar surface area (TPSA) is 59.0 Å². The second-order valence-corrected chi connectivity index (χ2v) is 7.80. The lowest BCUT2D eigenvalue weighted by atomic mass is 9.76. The Hall–Kier alpha value is -1.59. The lowest BCUT2D eigenvalue weighted by Gasteiger charge is -2.34. The summed E-state index contributed by atoms with van der Waals surface area (Å²) in [5.74, 6) is 0.432. The van der Waals surface area contributed by atoms with Gasteiger partial charge >= 0.3 is 5.97 Å². The van der Waals surface area contributed by atoms with Crippen LogP contribution in [0.25, 0.3) is 0 Å². The van der Waals surface area contributed by atoms with Gasteiger partial charge in [0.2, 0.25) is 0 Å². The minimum absolute atomic E-state index is 0.182. The number of benzene rings is 1. The predicted octanol–water partition coefficient (Wildman–Crippen LogP) is 2.93. The van der Waals surface area contributed by atoms with Gasteiger partial charge in [-0.15, -0.1) is 0 Å². The first-order valence-electron chi connectivity index (χ1n) is 9.45. The Kier molecular flexibility index (Phi) is 4.69. The summed E-state index contributed by atoms with van der Waals surface area (Å²) in [6, 6.07) is 8.21. The van der Waals surface area contributed by atoms with Crippen LogP contribution < -0.4 is 4.74 Å². The van der Waals surface area contributed by atoms with Crippen molar-refractivity contribution in [2.45, 2.75) is 44.8 Å². The van der Waals surface area contributed by atoms with Crippen LogP contribution in [0.5, 0.6) is 5.75 Å². The van der Waals surface area contributed by atoms with Gasteiger partial charge in [0.05, 0.1) is 12.7 Å². The molecule has 0 bridgehead atoms. The van der Waals surface area contributed by atoms with E-state index in [9.17, 15) is 9.90 Å². The molecule has 2 heterocycles. The van der Waals surface area contributed by atoms with Gasteiger partial charge in [-0.05, 0) is 44.1 Å². The molecule has 1 aromatic rings. The van der Waals surface area contributed by atoms with Crippen molar-refractivity contribution >= 4 is 5.97 Å². The third-order valence-corrected chi connectivity index (χ3v) is 6.12. The van der Waals surface area contributed by atoms with Crippen LogP contribution in [0.15, 0.2) is 24.3 Å². The van der Waals surface area contributed by atoms with Crippen molar-refractivity contribution in [3.63, 3.8) is 0 Å². The zero-order valence-corrected chi connectivity index (χ0v) is 14.7. The lowest BCUT2D eigenvalue weighted by Crippen LogP contribution is -2.46. The average molecular weight is 345 g/mol. The van der Waals surface area contributed by atoms with Crippen LogP contribution in [0, 0.1) is 11.3 Å². The van der Waals surface area contributed by atoms with E-state index in [-0.39, 0.29) is 5.92 Å². The molecule has 136 valence electrons. The zero-order valence-electron chi connectivity index (χ0n) is 14.7. The number of aliphatic carboxylic acids is 1. The number of carboxylic acids is 1. The van der Waals surface area contributed by atoms with Crippen molar-refractivity contribution in [2.75, 3.05) is 26.3 Å². The van der Waals surface area contributed by atoms with Gasteiger partial charge in [0.15, 0.2) is 0 Å². The van der Waals surface area contributed by atoms with E-state index in [1.807, 2.05) is 18.2 Å². The first kappa shape index (κ1) is 16.9. The molecule has 2 atom stereocenters. The summed E-state index contributed by atoms with van der Waals surface area (Å²) < 4.78 is 11.8. The molecule has 3 aliphatic rings. The fraction of sp³-hybridized carbons (Fsp3) is 0.650. The quantitative estimate of drug-likeness (QED) is 0.889. The van der Waals surface area contributed by atoms with Crippen LogP contribution in [0.1, 0.15) is 37.7 Å². The molecule has 0 spiro atoms. The summed E-state index contributed by atoms with van der Waals surface area (Å²) in [7, 11) is 0. The number of rotatable bonds is 5. The SMILES string of the molecule is O=C(O)[C@]12COCC[C@H]1CN(Cc1ccccc1OC1CCCC1)C2. The summed E-state index contributed by atoms with van der Waals surface area (Å²) in [4.78, 5) is 14.2. The Morgan fingerprint density at radius 1 is 1.28 bits per heavy atom. The third-order valence-electron chi connectivity index (χ3n) is 6.12. The highest BCUT2D eigenvalue weighted by molar-refractivity contribution is 5.76. The van der Waals surface area contributed by atoms with E-state index in [4.69, 9.17) is 9.47 Å². The second kappa shape index (κ2) is 6.96. The number of carboxylic acid groups (broad SMARTS) is 1. The van der Waals surface area contributed by atoms with Crippen LogP contribution in [0.3, 0.4) is 0 Å². The van der Waals surface area contributed by atoms with Gasteiger partial charge < -0.3 is 14.6 Å². The number of hydrogen-bond acceptors (Lipinski definition) is 4. The standard InChI is InChI=1S/C20H27NO4/c22-19(23)20-13-21(12-16(20)9-10-24-14-20)11-15-5-1-4-8-18(15)25-17-6-2-3-7-17/h1,4-5,8,16-17H,2-3,6-7,9-14H2,(H,22,23)/t16-,20+/m0/s1. The van der Waals surface area contributed by atoms with E-state index < -0.39 is 11.4 Å². The maximum atomic E-state index is 11.9. The molecule has 1 aromatic carbocycles. The highest BCUT2D eigenvalue weighted by Crippen LogP contribution is 2.42. The Morgan fingerprint density at radius 2 is 2.08 bits per heavy atom. The van der Waals surface area contributed by atoms with Crippen molar-refractivity contribution in [3.05, 3.63) is 29.8 Å². The molecule has 1 aliphatic carbocycles. The summed E-state index contributed by atoms with van der Waals surface area (Å²) >= 11 is 0. The first-order valence-corrected chi connectivity index (χ1v) is 9.45. The normalized spacial score (nSPS) is 30.3. The fourth-order valence-electron chi connectivity index (χ4n) is 4.69. The van der Waals surface area contributed by atoms with E-state index in [1.54, 1.807) is 0 Å². The molecule has 1 N–H and O–H groups in total. The van der Waals surface area contributed by atoms with Crippen molar-refractivity contribution < 1.29 is 19.4 Å². The van der Waals surface area contributed by atoms with Crippen molar-refractivity contribution in [3.8, 4) is 5.75 Å². The molecule has 0 aromatic heterocycles. The van der Waals surface area contributed by atoms with E-state index in [2.05, 4.69) is 11.0 Å². The third kappa shape index (κ3) is 3.27. The van der Waals surface area contributed by atoms with Gasteiger partial charge in [-0.2, -0.15) is 0 Å². The van der Waals surface area contributed by atoms with Gasteiger partial charge in [-0.1, -0.05) is 18.2 Å². The number of para-hydroxylation sites is 1. The highest BCUT2D eigenvalue weighted by Gasteiger charge is 2.54. The molecule has 0 amide bonds. The molecule has 5 nitrogen and oxygen atoms in total. The molecule has 25 heavy (non-hydrogen) atoms. The summed E-state index contributed by atoms with van der Waals surface area (Å²) in [5.41, 5.74) is 0.425. The van der Waals surface area contributed by atoms with Crippen LogP contribution in [-0.4, -0.2) is 48.4 Å². The highest BCUT2D eigenvalue weighted by atomic mass is 16.5. The number of carbonyl (C=O) groups is 1. The van der Waals surface area contributed by atoms with Crippen molar-refractivity contribution in [1.29, 1.82) is 0 Å². The minimum atomic E-state index is -0.737. The Morgan fingerprint density at radius 3 is 2.84 bits per heavy atom. The average Bonchev–Trinajstić information content (AvgIpc) is 3.24. The van der Waals surface area contributed by atoms with Crippen LogP contribution in [-0.2, 0) is 16.1 Å². The number of hydrogen-bond donors (Lipinski definition) is 1. The Labute approximate surface area is 148 Å². The van der Waals surface area contributed by atoms with Crippen molar-refractivity contribution in [2.24, 2.45) is 11.3 Å². The number of nitrogens with zero attached hydrogens (tertiary/aromatic N) is 1. The van der Waals surface area contributed by atoms with Gasteiger partial charge in [0.25, 0.3) is 0 Å². The lowest BCUT2D eigenvalue weighted by molar-refractivity contribution is -0.159.